The Morgan fingerprint density at radius 3 is 2.30 bits per heavy atom. The zero-order chi connectivity index (χ0) is 17.0. The second-order valence-corrected chi connectivity index (χ2v) is 5.09. The van der Waals surface area contributed by atoms with E-state index >= 15 is 0 Å². The summed E-state index contributed by atoms with van der Waals surface area (Å²) in [5.74, 6) is -0.870. The van der Waals surface area contributed by atoms with Crippen molar-refractivity contribution in [3.8, 4) is 17.9 Å². The number of carbonyl (C=O) groups excluding carboxylic acids is 1. The summed E-state index contributed by atoms with van der Waals surface area (Å²) in [5, 5.41) is 30.1. The lowest BCUT2D eigenvalue weighted by Crippen LogP contribution is -2.24. The number of rotatable bonds is 3. The van der Waals surface area contributed by atoms with E-state index in [1.54, 1.807) is 12.1 Å². The van der Waals surface area contributed by atoms with Crippen molar-refractivity contribution >= 4 is 5.91 Å². The summed E-state index contributed by atoms with van der Waals surface area (Å²) in [6.45, 7) is 3.99. The molecule has 6 heteroatoms. The first-order chi connectivity index (χ1) is 11.0. The third kappa shape index (κ3) is 3.45. The van der Waals surface area contributed by atoms with Crippen LogP contribution in [0.1, 0.15) is 38.3 Å². The highest BCUT2D eigenvalue weighted by Crippen LogP contribution is 2.18. The Labute approximate surface area is 133 Å². The SMILES string of the molecule is Cc1cc(C#N)cc(C)c1CNC(=O)c1ncc(C#N)cc1O. The fraction of sp³-hybridized carbons (Fsp3) is 0.176. The topological polar surface area (TPSA) is 110 Å². The Kier molecular flexibility index (Phi) is 4.58. The summed E-state index contributed by atoms with van der Waals surface area (Å²) in [5.41, 5.74) is 3.33. The smallest absolute Gasteiger partial charge is 0.274 e. The number of amides is 1. The lowest BCUT2D eigenvalue weighted by Gasteiger charge is -2.12. The fourth-order valence-electron chi connectivity index (χ4n) is 2.28. The molecule has 2 aromatic rings. The van der Waals surface area contributed by atoms with Crippen molar-refractivity contribution in [1.29, 1.82) is 10.5 Å². The number of aryl methyl sites for hydroxylation is 2. The summed E-state index contributed by atoms with van der Waals surface area (Å²) in [4.78, 5) is 15.9. The number of carbonyl (C=O) groups is 1. The molecule has 2 N–H and O–H groups in total. The van der Waals surface area contributed by atoms with Crippen LogP contribution in [0.15, 0.2) is 24.4 Å². The van der Waals surface area contributed by atoms with Gasteiger partial charge in [0.1, 0.15) is 11.8 Å². The van der Waals surface area contributed by atoms with Crippen molar-refractivity contribution in [1.82, 2.24) is 10.3 Å². The lowest BCUT2D eigenvalue weighted by atomic mass is 9.99. The molecule has 1 heterocycles. The van der Waals surface area contributed by atoms with Crippen molar-refractivity contribution in [2.24, 2.45) is 0 Å². The van der Waals surface area contributed by atoms with Crippen LogP contribution in [0, 0.1) is 36.5 Å². The van der Waals surface area contributed by atoms with Gasteiger partial charge in [-0.15, -0.1) is 0 Å². The van der Waals surface area contributed by atoms with E-state index < -0.39 is 5.91 Å². The van der Waals surface area contributed by atoms with E-state index in [1.807, 2.05) is 19.9 Å². The Morgan fingerprint density at radius 2 is 1.78 bits per heavy atom. The molecule has 114 valence electrons. The molecular weight excluding hydrogens is 292 g/mol. The predicted molar refractivity (Wildman–Crippen MR) is 82.4 cm³/mol. The van der Waals surface area contributed by atoms with Crippen LogP contribution in [0.25, 0.3) is 0 Å². The molecule has 0 fully saturated rings. The molecule has 0 aliphatic rings. The molecule has 1 aromatic carbocycles. The zero-order valence-corrected chi connectivity index (χ0v) is 12.7. The van der Waals surface area contributed by atoms with Gasteiger partial charge in [0.2, 0.25) is 0 Å². The van der Waals surface area contributed by atoms with Gasteiger partial charge < -0.3 is 10.4 Å². The van der Waals surface area contributed by atoms with E-state index in [0.717, 1.165) is 16.7 Å². The van der Waals surface area contributed by atoms with Gasteiger partial charge in [0.15, 0.2) is 5.69 Å². The quantitative estimate of drug-likeness (QED) is 0.902. The van der Waals surface area contributed by atoms with Crippen LogP contribution in [0.5, 0.6) is 5.75 Å². The monoisotopic (exact) mass is 306 g/mol. The molecule has 0 saturated heterocycles. The molecule has 0 aliphatic carbocycles. The molecule has 0 spiro atoms. The minimum absolute atomic E-state index is 0.132. The van der Waals surface area contributed by atoms with Crippen LogP contribution in [0.2, 0.25) is 0 Å². The van der Waals surface area contributed by atoms with E-state index in [4.69, 9.17) is 10.5 Å². The molecule has 1 amide bonds. The highest BCUT2D eigenvalue weighted by molar-refractivity contribution is 5.94. The second-order valence-electron chi connectivity index (χ2n) is 5.09. The fourth-order valence-corrected chi connectivity index (χ4v) is 2.28. The van der Waals surface area contributed by atoms with Crippen molar-refractivity contribution in [3.63, 3.8) is 0 Å². The number of benzene rings is 1. The van der Waals surface area contributed by atoms with Crippen molar-refractivity contribution in [2.45, 2.75) is 20.4 Å². The van der Waals surface area contributed by atoms with Gasteiger partial charge in [-0.1, -0.05) is 0 Å². The number of hydrogen-bond acceptors (Lipinski definition) is 5. The van der Waals surface area contributed by atoms with E-state index in [2.05, 4.69) is 16.4 Å². The molecule has 1 aromatic heterocycles. The maximum absolute atomic E-state index is 12.1. The number of nitrogens with zero attached hydrogens (tertiary/aromatic N) is 3. The normalized spacial score (nSPS) is 9.74. The molecule has 6 nitrogen and oxygen atoms in total. The minimum atomic E-state index is -0.532. The highest BCUT2D eigenvalue weighted by atomic mass is 16.3. The average molecular weight is 306 g/mol. The van der Waals surface area contributed by atoms with Crippen LogP contribution in [-0.2, 0) is 6.54 Å². The summed E-state index contributed by atoms with van der Waals surface area (Å²) >= 11 is 0. The lowest BCUT2D eigenvalue weighted by molar-refractivity contribution is 0.0943. The Morgan fingerprint density at radius 1 is 1.17 bits per heavy atom. The molecule has 0 unspecified atom stereocenters. The third-order valence-corrected chi connectivity index (χ3v) is 3.46. The number of hydrogen-bond donors (Lipinski definition) is 2. The van der Waals surface area contributed by atoms with E-state index in [1.165, 1.54) is 12.3 Å². The third-order valence-electron chi connectivity index (χ3n) is 3.46. The summed E-state index contributed by atoms with van der Waals surface area (Å²) < 4.78 is 0. The number of aromatic nitrogens is 1. The molecule has 0 bridgehead atoms. The van der Waals surface area contributed by atoms with Crippen LogP contribution in [0.4, 0.5) is 0 Å². The number of aromatic hydroxyl groups is 1. The van der Waals surface area contributed by atoms with Crippen molar-refractivity contribution in [3.05, 3.63) is 57.9 Å². The maximum atomic E-state index is 12.1. The van der Waals surface area contributed by atoms with Crippen LogP contribution in [-0.4, -0.2) is 16.0 Å². The largest absolute Gasteiger partial charge is 0.505 e. The zero-order valence-electron chi connectivity index (χ0n) is 12.7. The Hall–Kier alpha value is -3.38. The first-order valence-corrected chi connectivity index (χ1v) is 6.83. The minimum Gasteiger partial charge on any atom is -0.505 e. The molecule has 0 atom stereocenters. The highest BCUT2D eigenvalue weighted by Gasteiger charge is 2.14. The van der Waals surface area contributed by atoms with Gasteiger partial charge in [-0.05, 0) is 42.7 Å². The van der Waals surface area contributed by atoms with Crippen molar-refractivity contribution in [2.75, 3.05) is 0 Å². The van der Waals surface area contributed by atoms with Gasteiger partial charge in [-0.2, -0.15) is 10.5 Å². The van der Waals surface area contributed by atoms with Gasteiger partial charge in [0.05, 0.1) is 17.2 Å². The second kappa shape index (κ2) is 6.59. The standard InChI is InChI=1S/C17H14N4O2/c1-10-3-12(6-18)4-11(2)14(10)9-21-17(23)16-15(22)5-13(7-19)8-20-16/h3-5,8,22H,9H2,1-2H3,(H,21,23). The number of nitriles is 2. The van der Waals surface area contributed by atoms with Crippen LogP contribution in [0.3, 0.4) is 0 Å². The summed E-state index contributed by atoms with van der Waals surface area (Å²) in [6.07, 6.45) is 1.23. The van der Waals surface area contributed by atoms with Crippen molar-refractivity contribution < 1.29 is 9.90 Å². The molecule has 0 radical (unpaired) electrons. The van der Waals surface area contributed by atoms with Gasteiger partial charge in [-0.3, -0.25) is 4.79 Å². The summed E-state index contributed by atoms with van der Waals surface area (Å²) in [7, 11) is 0. The molecule has 2 rings (SSSR count). The Bertz CT molecular complexity index is 837. The molecular formula is C17H14N4O2. The maximum Gasteiger partial charge on any atom is 0.274 e. The average Bonchev–Trinajstić information content (AvgIpc) is 2.53. The van der Waals surface area contributed by atoms with E-state index in [-0.39, 0.29) is 23.6 Å². The van der Waals surface area contributed by atoms with Gasteiger partial charge in [-0.25, -0.2) is 4.98 Å². The predicted octanol–water partition coefficient (Wildman–Crippen LogP) is 2.08. The van der Waals surface area contributed by atoms with E-state index in [9.17, 15) is 9.90 Å². The van der Waals surface area contributed by atoms with Gasteiger partial charge in [0, 0.05) is 18.8 Å². The first kappa shape index (κ1) is 16.0. The Balaban J connectivity index is 2.17. The molecule has 23 heavy (non-hydrogen) atoms. The molecule has 0 saturated carbocycles. The van der Waals surface area contributed by atoms with Gasteiger partial charge in [0.25, 0.3) is 5.91 Å². The van der Waals surface area contributed by atoms with Crippen LogP contribution < -0.4 is 5.32 Å². The summed E-state index contributed by atoms with van der Waals surface area (Å²) in [6, 6.07) is 8.63. The van der Waals surface area contributed by atoms with Gasteiger partial charge >= 0.3 is 0 Å². The number of pyridine rings is 1. The first-order valence-electron chi connectivity index (χ1n) is 6.83. The molecule has 0 aliphatic heterocycles. The van der Waals surface area contributed by atoms with Crippen LogP contribution >= 0.6 is 0 Å². The number of nitrogens with one attached hydrogen (secondary N) is 1. The van der Waals surface area contributed by atoms with E-state index in [0.29, 0.717) is 5.56 Å².